The highest BCUT2D eigenvalue weighted by Crippen LogP contribution is 2.14. The maximum atomic E-state index is 4.18. The molecule has 2 heteroatoms. The third-order valence-corrected chi connectivity index (χ3v) is 2.36. The summed E-state index contributed by atoms with van der Waals surface area (Å²) in [6.45, 7) is 3.19. The van der Waals surface area contributed by atoms with Crippen LogP contribution in [0.25, 0.3) is 0 Å². The van der Waals surface area contributed by atoms with Crippen LogP contribution in [0.3, 0.4) is 0 Å². The van der Waals surface area contributed by atoms with Gasteiger partial charge in [-0.3, -0.25) is 0 Å². The van der Waals surface area contributed by atoms with Crippen molar-refractivity contribution in [2.45, 2.75) is 19.8 Å². The Labute approximate surface area is 86.0 Å². The smallest absolute Gasteiger partial charge is 0.0372 e. The van der Waals surface area contributed by atoms with Crippen molar-refractivity contribution in [3.05, 3.63) is 29.8 Å². The first kappa shape index (κ1) is 10.5. The first-order valence-electron chi connectivity index (χ1n) is 4.81. The van der Waals surface area contributed by atoms with Gasteiger partial charge in [0.25, 0.3) is 0 Å². The molecule has 0 amide bonds. The van der Waals surface area contributed by atoms with Crippen molar-refractivity contribution in [1.29, 1.82) is 0 Å². The van der Waals surface area contributed by atoms with Gasteiger partial charge in [0.2, 0.25) is 0 Å². The lowest BCUT2D eigenvalue weighted by molar-refractivity contribution is 0.987. The number of benzene rings is 1. The number of hydrogen-bond acceptors (Lipinski definition) is 2. The maximum Gasteiger partial charge on any atom is 0.0372 e. The van der Waals surface area contributed by atoms with E-state index in [0.29, 0.717) is 0 Å². The van der Waals surface area contributed by atoms with E-state index in [1.807, 2.05) is 0 Å². The molecule has 0 heterocycles. The fourth-order valence-electron chi connectivity index (χ4n) is 1.30. The van der Waals surface area contributed by atoms with E-state index in [0.717, 1.165) is 25.1 Å². The first-order chi connectivity index (χ1) is 6.38. The van der Waals surface area contributed by atoms with Crippen LogP contribution in [0, 0.1) is 0 Å². The van der Waals surface area contributed by atoms with Crippen molar-refractivity contribution in [3.63, 3.8) is 0 Å². The fourth-order valence-corrected chi connectivity index (χ4v) is 1.46. The first-order valence-corrected chi connectivity index (χ1v) is 5.44. The van der Waals surface area contributed by atoms with E-state index in [1.54, 1.807) is 0 Å². The van der Waals surface area contributed by atoms with Gasteiger partial charge in [-0.15, -0.1) is 0 Å². The van der Waals surface area contributed by atoms with Crippen LogP contribution in [-0.2, 0) is 6.42 Å². The third kappa shape index (κ3) is 3.31. The largest absolute Gasteiger partial charge is 0.385 e. The summed E-state index contributed by atoms with van der Waals surface area (Å²) in [6.07, 6.45) is 2.20. The summed E-state index contributed by atoms with van der Waals surface area (Å²) in [7, 11) is 0. The Hall–Kier alpha value is -0.630. The summed E-state index contributed by atoms with van der Waals surface area (Å²) in [5, 5.41) is 3.42. The van der Waals surface area contributed by atoms with E-state index in [4.69, 9.17) is 0 Å². The normalized spacial score (nSPS) is 10.0. The molecule has 1 aromatic rings. The molecule has 0 saturated heterocycles. The van der Waals surface area contributed by atoms with E-state index in [2.05, 4.69) is 49.1 Å². The van der Waals surface area contributed by atoms with E-state index in [1.165, 1.54) is 11.3 Å². The summed E-state index contributed by atoms with van der Waals surface area (Å²) in [4.78, 5) is 0. The highest BCUT2D eigenvalue weighted by atomic mass is 32.1. The van der Waals surface area contributed by atoms with Crippen molar-refractivity contribution in [2.75, 3.05) is 17.6 Å². The Balaban J connectivity index is 2.54. The third-order valence-electron chi connectivity index (χ3n) is 2.05. The zero-order valence-electron chi connectivity index (χ0n) is 8.09. The van der Waals surface area contributed by atoms with Gasteiger partial charge >= 0.3 is 0 Å². The van der Waals surface area contributed by atoms with Crippen LogP contribution in [0.4, 0.5) is 5.69 Å². The second kappa shape index (κ2) is 5.92. The molecule has 1 nitrogen and oxygen atoms in total. The van der Waals surface area contributed by atoms with Crippen molar-refractivity contribution < 1.29 is 0 Å². The molecule has 0 atom stereocenters. The van der Waals surface area contributed by atoms with E-state index in [-0.39, 0.29) is 0 Å². The molecular weight excluding hydrogens is 178 g/mol. The van der Waals surface area contributed by atoms with Crippen LogP contribution >= 0.6 is 12.6 Å². The van der Waals surface area contributed by atoms with Crippen LogP contribution < -0.4 is 5.32 Å². The molecule has 0 spiro atoms. The Morgan fingerprint density at radius 3 is 2.77 bits per heavy atom. The molecule has 1 rings (SSSR count). The molecule has 0 aliphatic carbocycles. The van der Waals surface area contributed by atoms with Crippen LogP contribution in [0.2, 0.25) is 0 Å². The summed E-state index contributed by atoms with van der Waals surface area (Å²) in [5.74, 6) is 0.946. The molecule has 13 heavy (non-hydrogen) atoms. The van der Waals surface area contributed by atoms with Gasteiger partial charge < -0.3 is 5.32 Å². The summed E-state index contributed by atoms with van der Waals surface area (Å²) in [6, 6.07) is 8.46. The van der Waals surface area contributed by atoms with Gasteiger partial charge in [0.1, 0.15) is 0 Å². The van der Waals surface area contributed by atoms with E-state index >= 15 is 0 Å². The topological polar surface area (TPSA) is 12.0 Å². The zero-order valence-corrected chi connectivity index (χ0v) is 8.98. The summed E-state index contributed by atoms with van der Waals surface area (Å²) < 4.78 is 0. The molecule has 0 radical (unpaired) electrons. The lowest BCUT2D eigenvalue weighted by atomic mass is 10.1. The van der Waals surface area contributed by atoms with Gasteiger partial charge in [-0.05, 0) is 30.2 Å². The lowest BCUT2D eigenvalue weighted by Gasteiger charge is -2.09. The molecule has 1 aromatic carbocycles. The number of thiol groups is 1. The SMILES string of the molecule is CCc1ccccc1NCCCS. The Morgan fingerprint density at radius 2 is 2.08 bits per heavy atom. The minimum absolute atomic E-state index is 0.946. The monoisotopic (exact) mass is 195 g/mol. The van der Waals surface area contributed by atoms with Crippen molar-refractivity contribution in [1.82, 2.24) is 0 Å². The number of nitrogens with one attached hydrogen (secondary N) is 1. The molecule has 1 N–H and O–H groups in total. The van der Waals surface area contributed by atoms with E-state index in [9.17, 15) is 0 Å². The number of para-hydroxylation sites is 1. The fraction of sp³-hybridized carbons (Fsp3) is 0.455. The minimum Gasteiger partial charge on any atom is -0.385 e. The quantitative estimate of drug-likeness (QED) is 0.544. The van der Waals surface area contributed by atoms with Crippen LogP contribution in [-0.4, -0.2) is 12.3 Å². The molecule has 0 aromatic heterocycles. The molecule has 72 valence electrons. The van der Waals surface area contributed by atoms with Gasteiger partial charge in [0, 0.05) is 12.2 Å². The van der Waals surface area contributed by atoms with Crippen LogP contribution in [0.15, 0.2) is 24.3 Å². The average Bonchev–Trinajstić information content (AvgIpc) is 2.19. The lowest BCUT2D eigenvalue weighted by Crippen LogP contribution is -2.04. The minimum atomic E-state index is 0.946. The molecular formula is C11H17NS. The zero-order chi connectivity index (χ0) is 9.52. The van der Waals surface area contributed by atoms with E-state index < -0.39 is 0 Å². The highest BCUT2D eigenvalue weighted by molar-refractivity contribution is 7.80. The molecule has 0 bridgehead atoms. The van der Waals surface area contributed by atoms with Crippen molar-refractivity contribution >= 4 is 18.3 Å². The maximum absolute atomic E-state index is 4.18. The Morgan fingerprint density at radius 1 is 1.31 bits per heavy atom. The molecule has 0 unspecified atom stereocenters. The summed E-state index contributed by atoms with van der Waals surface area (Å²) in [5.41, 5.74) is 2.66. The Kier molecular flexibility index (Phi) is 4.76. The number of anilines is 1. The molecule has 0 fully saturated rings. The van der Waals surface area contributed by atoms with Gasteiger partial charge in [-0.1, -0.05) is 25.1 Å². The van der Waals surface area contributed by atoms with Crippen LogP contribution in [0.1, 0.15) is 18.9 Å². The average molecular weight is 195 g/mol. The number of aryl methyl sites for hydroxylation is 1. The van der Waals surface area contributed by atoms with Gasteiger partial charge in [-0.25, -0.2) is 0 Å². The predicted octanol–water partition coefficient (Wildman–Crippen LogP) is 2.98. The van der Waals surface area contributed by atoms with Crippen molar-refractivity contribution in [2.24, 2.45) is 0 Å². The molecule has 0 aliphatic rings. The van der Waals surface area contributed by atoms with Crippen LogP contribution in [0.5, 0.6) is 0 Å². The molecule has 0 saturated carbocycles. The Bertz CT molecular complexity index is 248. The van der Waals surface area contributed by atoms with Gasteiger partial charge in [-0.2, -0.15) is 12.6 Å². The second-order valence-corrected chi connectivity index (χ2v) is 3.46. The predicted molar refractivity (Wildman–Crippen MR) is 62.8 cm³/mol. The number of hydrogen-bond donors (Lipinski definition) is 2. The summed E-state index contributed by atoms with van der Waals surface area (Å²) >= 11 is 4.18. The second-order valence-electron chi connectivity index (χ2n) is 3.01. The van der Waals surface area contributed by atoms with Crippen molar-refractivity contribution in [3.8, 4) is 0 Å². The van der Waals surface area contributed by atoms with Gasteiger partial charge in [0.15, 0.2) is 0 Å². The standard InChI is InChI=1S/C11H17NS/c1-2-10-6-3-4-7-11(10)12-8-5-9-13/h3-4,6-7,12-13H,2,5,8-9H2,1H3. The number of rotatable bonds is 5. The highest BCUT2D eigenvalue weighted by Gasteiger charge is 1.96. The van der Waals surface area contributed by atoms with Gasteiger partial charge in [0.05, 0.1) is 0 Å². The molecule has 0 aliphatic heterocycles.